The van der Waals surface area contributed by atoms with Crippen molar-refractivity contribution in [1.29, 1.82) is 0 Å². The maximum absolute atomic E-state index is 15.2. The van der Waals surface area contributed by atoms with Crippen molar-refractivity contribution in [3.05, 3.63) is 95.6 Å². The van der Waals surface area contributed by atoms with E-state index < -0.39 is 23.9 Å². The maximum Gasteiger partial charge on any atom is 0.269 e. The van der Waals surface area contributed by atoms with Gasteiger partial charge in [0.05, 0.1) is 34.4 Å². The second-order valence-corrected chi connectivity index (χ2v) is 9.31. The van der Waals surface area contributed by atoms with Crippen LogP contribution in [0.3, 0.4) is 0 Å². The van der Waals surface area contributed by atoms with Crippen LogP contribution in [0.25, 0.3) is 11.3 Å². The van der Waals surface area contributed by atoms with Gasteiger partial charge < -0.3 is 16.0 Å². The van der Waals surface area contributed by atoms with Crippen molar-refractivity contribution in [3.63, 3.8) is 0 Å². The van der Waals surface area contributed by atoms with Crippen LogP contribution in [0.4, 0.5) is 15.9 Å². The lowest BCUT2D eigenvalue weighted by molar-refractivity contribution is -0.117. The van der Waals surface area contributed by atoms with Crippen LogP contribution in [0, 0.1) is 5.95 Å². The Bertz CT molecular complexity index is 1560. The summed E-state index contributed by atoms with van der Waals surface area (Å²) in [4.78, 5) is 35.4. The summed E-state index contributed by atoms with van der Waals surface area (Å²) in [6, 6.07) is 20.0. The first kappa shape index (κ1) is 25.8. The molecule has 2 amide bonds. The van der Waals surface area contributed by atoms with Crippen LogP contribution in [0.1, 0.15) is 42.3 Å². The average Bonchev–Trinajstić information content (AvgIpc) is 3.29. The number of fused-ring (bicyclic) bond motifs is 1. The number of para-hydroxylation sites is 1. The molecule has 39 heavy (non-hydrogen) atoms. The van der Waals surface area contributed by atoms with E-state index in [9.17, 15) is 9.59 Å². The zero-order chi connectivity index (χ0) is 27.5. The van der Waals surface area contributed by atoms with E-state index in [1.54, 1.807) is 18.2 Å². The van der Waals surface area contributed by atoms with Gasteiger partial charge in [0.2, 0.25) is 12.1 Å². The summed E-state index contributed by atoms with van der Waals surface area (Å²) in [5.74, 6) is -1.46. The molecular formula is C29H28FN7O2. The number of aromatic nitrogens is 3. The number of aliphatic imine (C=N–C) groups is 1. The van der Waals surface area contributed by atoms with Crippen molar-refractivity contribution < 1.29 is 14.0 Å². The molecule has 2 aromatic heterocycles. The molecule has 5 rings (SSSR count). The fraction of sp³-hybridized carbons (Fsp3) is 0.207. The van der Waals surface area contributed by atoms with Crippen molar-refractivity contribution in [2.24, 2.45) is 4.99 Å². The fourth-order valence-corrected chi connectivity index (χ4v) is 4.45. The number of amides is 2. The predicted octanol–water partition coefficient (Wildman–Crippen LogP) is 4.47. The molecule has 4 aromatic rings. The van der Waals surface area contributed by atoms with Crippen molar-refractivity contribution in [2.45, 2.75) is 39.5 Å². The minimum absolute atomic E-state index is 0.0726. The lowest BCUT2D eigenvalue weighted by Gasteiger charge is -2.15. The van der Waals surface area contributed by atoms with Gasteiger partial charge in [-0.1, -0.05) is 48.5 Å². The zero-order valence-corrected chi connectivity index (χ0v) is 21.8. The molecule has 3 heterocycles. The Hall–Kier alpha value is -4.86. The molecule has 1 aliphatic rings. The minimum atomic E-state index is -1.24. The Morgan fingerprint density at radius 3 is 2.51 bits per heavy atom. The van der Waals surface area contributed by atoms with Crippen molar-refractivity contribution >= 4 is 29.0 Å². The number of halogens is 1. The van der Waals surface area contributed by atoms with Gasteiger partial charge in [0.1, 0.15) is 5.82 Å². The highest BCUT2D eigenvalue weighted by Crippen LogP contribution is 2.28. The van der Waals surface area contributed by atoms with Gasteiger partial charge in [0.25, 0.3) is 11.8 Å². The van der Waals surface area contributed by atoms with Crippen LogP contribution in [-0.2, 0) is 11.3 Å². The number of hydrogen-bond acceptors (Lipinski definition) is 6. The van der Waals surface area contributed by atoms with Gasteiger partial charge in [-0.25, -0.2) is 9.98 Å². The zero-order valence-electron chi connectivity index (χ0n) is 21.8. The number of nitrogens with zero attached hydrogens (tertiary/aromatic N) is 4. The second-order valence-electron chi connectivity index (χ2n) is 9.31. The summed E-state index contributed by atoms with van der Waals surface area (Å²) in [6.45, 7) is 6.08. The molecule has 1 atom stereocenters. The van der Waals surface area contributed by atoms with Crippen molar-refractivity contribution in [2.75, 3.05) is 10.6 Å². The highest BCUT2D eigenvalue weighted by Gasteiger charge is 2.29. The van der Waals surface area contributed by atoms with Gasteiger partial charge in [0, 0.05) is 23.7 Å². The van der Waals surface area contributed by atoms with E-state index in [4.69, 9.17) is 0 Å². The van der Waals surface area contributed by atoms with E-state index in [0.29, 0.717) is 23.8 Å². The summed E-state index contributed by atoms with van der Waals surface area (Å²) < 4.78 is 16.7. The van der Waals surface area contributed by atoms with Crippen LogP contribution in [0.5, 0.6) is 0 Å². The van der Waals surface area contributed by atoms with Crippen molar-refractivity contribution in [3.8, 4) is 11.3 Å². The number of aryl methyl sites for hydroxylation is 1. The van der Waals surface area contributed by atoms with Gasteiger partial charge >= 0.3 is 0 Å². The number of benzodiazepines with no additional fused rings is 1. The third-order valence-electron chi connectivity index (χ3n) is 6.19. The number of nitrogens with one attached hydrogen (secondary N) is 3. The molecule has 0 unspecified atom stereocenters. The first-order chi connectivity index (χ1) is 18.9. The van der Waals surface area contributed by atoms with Gasteiger partial charge in [-0.05, 0) is 39.0 Å². The molecule has 0 fully saturated rings. The third kappa shape index (κ3) is 5.26. The predicted molar refractivity (Wildman–Crippen MR) is 148 cm³/mol. The monoisotopic (exact) mass is 525 g/mol. The normalized spacial score (nSPS) is 14.7. The molecule has 10 heteroatoms. The molecule has 2 aromatic carbocycles. The van der Waals surface area contributed by atoms with Crippen molar-refractivity contribution in [1.82, 2.24) is 20.1 Å². The molecule has 9 nitrogen and oxygen atoms in total. The van der Waals surface area contributed by atoms with Crippen LogP contribution in [0.15, 0.2) is 77.9 Å². The number of anilines is 2. The van der Waals surface area contributed by atoms with E-state index in [0.717, 1.165) is 11.1 Å². The highest BCUT2D eigenvalue weighted by atomic mass is 19.1. The molecule has 0 aliphatic carbocycles. The summed E-state index contributed by atoms with van der Waals surface area (Å²) in [6.07, 6.45) is 0.123. The molecule has 198 valence electrons. The van der Waals surface area contributed by atoms with E-state index in [1.807, 2.05) is 69.3 Å². The summed E-state index contributed by atoms with van der Waals surface area (Å²) >= 11 is 0. The lowest BCUT2D eigenvalue weighted by Crippen LogP contribution is -2.42. The third-order valence-corrected chi connectivity index (χ3v) is 6.19. The maximum atomic E-state index is 15.2. The fourth-order valence-electron chi connectivity index (χ4n) is 4.45. The number of rotatable bonds is 7. The van der Waals surface area contributed by atoms with Gasteiger partial charge in [-0.15, -0.1) is 0 Å². The number of pyridine rings is 1. The van der Waals surface area contributed by atoms with E-state index in [1.165, 1.54) is 10.9 Å². The highest BCUT2D eigenvalue weighted by molar-refractivity contribution is 6.20. The molecule has 3 N–H and O–H groups in total. The Kier molecular flexibility index (Phi) is 7.18. The largest absolute Gasteiger partial charge is 0.368 e. The smallest absolute Gasteiger partial charge is 0.269 e. The number of carbonyl (C=O) groups excluding carboxylic acids is 2. The molecule has 0 saturated heterocycles. The molecular weight excluding hydrogens is 497 g/mol. The SMILES string of the molecule is CCn1ncc(C(=O)N[C@H]2N=C(c3ccccc3)c3ccccc3NC2=O)c1-c1ccc(NC(C)C)nc1F. The van der Waals surface area contributed by atoms with Crippen LogP contribution in [-0.4, -0.2) is 44.5 Å². The molecule has 0 saturated carbocycles. The number of hydrogen-bond donors (Lipinski definition) is 3. The Labute approximate surface area is 225 Å². The topological polar surface area (TPSA) is 113 Å². The second kappa shape index (κ2) is 10.9. The average molecular weight is 526 g/mol. The summed E-state index contributed by atoms with van der Waals surface area (Å²) in [5, 5.41) is 12.9. The molecule has 0 bridgehead atoms. The molecule has 0 radical (unpaired) electrons. The number of benzene rings is 2. The summed E-state index contributed by atoms with van der Waals surface area (Å²) in [7, 11) is 0. The Morgan fingerprint density at radius 2 is 1.79 bits per heavy atom. The number of carbonyl (C=O) groups is 2. The standard InChI is InChI=1S/C29H28FN7O2/c1-4-37-25(20-14-15-23(32-17(2)3)34-26(20)30)21(16-31-37)28(38)36-27-29(39)33-22-13-9-8-12-19(22)24(35-27)18-10-6-5-7-11-18/h5-17,27H,4H2,1-3H3,(H,32,34)(H,33,39)(H,36,38)/t27-/m1/s1. The first-order valence-corrected chi connectivity index (χ1v) is 12.7. The van der Waals surface area contributed by atoms with E-state index in [-0.39, 0.29) is 22.9 Å². The van der Waals surface area contributed by atoms with E-state index in [2.05, 4.69) is 31.0 Å². The Morgan fingerprint density at radius 1 is 1.05 bits per heavy atom. The first-order valence-electron chi connectivity index (χ1n) is 12.7. The van der Waals surface area contributed by atoms with Crippen LogP contribution >= 0.6 is 0 Å². The Balaban J connectivity index is 1.51. The minimum Gasteiger partial charge on any atom is -0.368 e. The lowest BCUT2D eigenvalue weighted by atomic mass is 10.0. The van der Waals surface area contributed by atoms with Crippen LogP contribution < -0.4 is 16.0 Å². The molecule has 0 spiro atoms. The summed E-state index contributed by atoms with van der Waals surface area (Å²) in [5.41, 5.74) is 3.17. The van der Waals surface area contributed by atoms with Gasteiger partial charge in [-0.2, -0.15) is 9.49 Å². The van der Waals surface area contributed by atoms with Gasteiger partial charge in [-0.3, -0.25) is 14.3 Å². The quantitative estimate of drug-likeness (QED) is 0.308. The van der Waals surface area contributed by atoms with Crippen LogP contribution in [0.2, 0.25) is 0 Å². The van der Waals surface area contributed by atoms with E-state index >= 15 is 4.39 Å². The van der Waals surface area contributed by atoms with Gasteiger partial charge in [0.15, 0.2) is 0 Å². The molecule has 1 aliphatic heterocycles.